The monoisotopic (exact) mass is 358 g/mol. The molecule has 1 aromatic carbocycles. The number of alkyl halides is 1. The van der Waals surface area contributed by atoms with Gasteiger partial charge in [-0.2, -0.15) is 0 Å². The molecule has 0 aliphatic heterocycles. The lowest BCUT2D eigenvalue weighted by Crippen LogP contribution is -2.45. The van der Waals surface area contributed by atoms with Crippen LogP contribution in [0.3, 0.4) is 0 Å². The molecule has 0 amide bonds. The normalized spacial score (nSPS) is 13.5. The third-order valence-electron chi connectivity index (χ3n) is 4.13. The summed E-state index contributed by atoms with van der Waals surface area (Å²) in [7, 11) is -3.09. The Morgan fingerprint density at radius 2 is 1.68 bits per heavy atom. The lowest BCUT2D eigenvalue weighted by Gasteiger charge is -2.36. The van der Waals surface area contributed by atoms with Crippen molar-refractivity contribution in [3.8, 4) is 5.75 Å². The molecule has 108 valence electrons. The average Bonchev–Trinajstić information content (AvgIpc) is 2.27. The summed E-state index contributed by atoms with van der Waals surface area (Å²) in [5.41, 5.74) is 0. The number of hydrogen-bond acceptors (Lipinski definition) is 1. The van der Waals surface area contributed by atoms with E-state index in [4.69, 9.17) is 4.43 Å². The summed E-state index contributed by atoms with van der Waals surface area (Å²) in [6.45, 7) is 16.2. The summed E-state index contributed by atoms with van der Waals surface area (Å²) in [5.74, 6) is 1.05. The highest BCUT2D eigenvalue weighted by Gasteiger charge is 2.39. The van der Waals surface area contributed by atoms with E-state index in [-0.39, 0.29) is 5.04 Å². The topological polar surface area (TPSA) is 9.23 Å². The SMILES string of the molecule is CC(C)(C)[Si](C)(C)Oc1cccc([Si](C)(C)CBr)c1. The highest BCUT2D eigenvalue weighted by molar-refractivity contribution is 9.09. The first-order valence-corrected chi connectivity index (χ1v) is 14.1. The van der Waals surface area contributed by atoms with Crippen molar-refractivity contribution in [2.24, 2.45) is 0 Å². The van der Waals surface area contributed by atoms with Crippen LogP contribution in [0.1, 0.15) is 20.8 Å². The third-order valence-corrected chi connectivity index (χ3v) is 15.2. The molecule has 0 aromatic heterocycles. The van der Waals surface area contributed by atoms with E-state index < -0.39 is 16.4 Å². The predicted octanol–water partition coefficient (Wildman–Crippen LogP) is 4.92. The van der Waals surface area contributed by atoms with Crippen LogP contribution in [0.15, 0.2) is 24.3 Å². The number of rotatable bonds is 4. The molecule has 0 radical (unpaired) electrons. The second kappa shape index (κ2) is 5.74. The zero-order valence-corrected chi connectivity index (χ0v) is 16.9. The predicted molar refractivity (Wildman–Crippen MR) is 95.2 cm³/mol. The molecule has 0 fully saturated rings. The summed E-state index contributed by atoms with van der Waals surface area (Å²) >= 11 is 3.65. The van der Waals surface area contributed by atoms with Gasteiger partial charge in [0.05, 0.1) is 8.07 Å². The van der Waals surface area contributed by atoms with Gasteiger partial charge in [-0.3, -0.25) is 0 Å². The van der Waals surface area contributed by atoms with Crippen LogP contribution in [0.25, 0.3) is 0 Å². The van der Waals surface area contributed by atoms with Crippen molar-refractivity contribution in [1.29, 1.82) is 0 Å². The first kappa shape index (κ1) is 17.0. The van der Waals surface area contributed by atoms with Gasteiger partial charge in [0.25, 0.3) is 0 Å². The second-order valence-corrected chi connectivity index (χ2v) is 18.4. The van der Waals surface area contributed by atoms with Crippen LogP contribution in [0.2, 0.25) is 31.2 Å². The van der Waals surface area contributed by atoms with Crippen LogP contribution in [0.5, 0.6) is 5.75 Å². The molecule has 0 saturated heterocycles. The van der Waals surface area contributed by atoms with Crippen molar-refractivity contribution in [2.45, 2.75) is 52.0 Å². The van der Waals surface area contributed by atoms with Gasteiger partial charge < -0.3 is 4.43 Å². The van der Waals surface area contributed by atoms with E-state index in [2.05, 4.69) is 87.2 Å². The van der Waals surface area contributed by atoms with Gasteiger partial charge in [0.15, 0.2) is 0 Å². The molecule has 1 nitrogen and oxygen atoms in total. The van der Waals surface area contributed by atoms with E-state index in [1.54, 1.807) is 0 Å². The maximum atomic E-state index is 6.39. The summed E-state index contributed by atoms with van der Waals surface area (Å²) in [5, 5.41) is 1.70. The molecular formula is C15H27BrOSi2. The minimum Gasteiger partial charge on any atom is -0.544 e. The zero-order chi connectivity index (χ0) is 14.9. The van der Waals surface area contributed by atoms with Crippen LogP contribution in [0, 0.1) is 0 Å². The molecule has 19 heavy (non-hydrogen) atoms. The van der Waals surface area contributed by atoms with Gasteiger partial charge in [-0.25, -0.2) is 0 Å². The molecular weight excluding hydrogens is 332 g/mol. The minimum atomic E-state index is -1.73. The fourth-order valence-electron chi connectivity index (χ4n) is 1.51. The van der Waals surface area contributed by atoms with Crippen molar-refractivity contribution in [1.82, 2.24) is 0 Å². The molecule has 0 heterocycles. The molecule has 0 aliphatic rings. The molecule has 0 N–H and O–H groups in total. The van der Waals surface area contributed by atoms with Gasteiger partial charge in [0.2, 0.25) is 8.32 Å². The van der Waals surface area contributed by atoms with Crippen LogP contribution in [-0.4, -0.2) is 21.3 Å². The Balaban J connectivity index is 3.02. The van der Waals surface area contributed by atoms with E-state index in [9.17, 15) is 0 Å². The molecule has 0 aliphatic carbocycles. The molecule has 0 spiro atoms. The molecule has 1 aromatic rings. The summed E-state index contributed by atoms with van der Waals surface area (Å²) in [6, 6.07) is 8.73. The summed E-state index contributed by atoms with van der Waals surface area (Å²) in [6.07, 6.45) is 0. The Morgan fingerprint density at radius 1 is 1.11 bits per heavy atom. The molecule has 1 rings (SSSR count). The van der Waals surface area contributed by atoms with Crippen LogP contribution in [0.4, 0.5) is 0 Å². The van der Waals surface area contributed by atoms with Gasteiger partial charge in [0, 0.05) is 4.95 Å². The summed E-state index contributed by atoms with van der Waals surface area (Å²) < 4.78 is 6.39. The highest BCUT2D eigenvalue weighted by Crippen LogP contribution is 2.37. The molecule has 0 saturated carbocycles. The molecule has 0 unspecified atom stereocenters. The third kappa shape index (κ3) is 4.20. The van der Waals surface area contributed by atoms with Crippen molar-refractivity contribution in [3.63, 3.8) is 0 Å². The largest absolute Gasteiger partial charge is 0.544 e. The maximum Gasteiger partial charge on any atom is 0.250 e. The van der Waals surface area contributed by atoms with E-state index in [1.807, 2.05) is 0 Å². The van der Waals surface area contributed by atoms with E-state index in [0.717, 1.165) is 10.7 Å². The van der Waals surface area contributed by atoms with Crippen LogP contribution >= 0.6 is 15.9 Å². The van der Waals surface area contributed by atoms with Gasteiger partial charge in [-0.05, 0) is 30.3 Å². The Morgan fingerprint density at radius 3 is 2.16 bits per heavy atom. The number of hydrogen-bond donors (Lipinski definition) is 0. The quantitative estimate of drug-likeness (QED) is 0.548. The lowest BCUT2D eigenvalue weighted by atomic mass is 10.2. The summed E-state index contributed by atoms with van der Waals surface area (Å²) in [4.78, 5) is 1.09. The van der Waals surface area contributed by atoms with E-state index in [0.29, 0.717) is 0 Å². The van der Waals surface area contributed by atoms with Crippen molar-refractivity contribution in [3.05, 3.63) is 24.3 Å². The van der Waals surface area contributed by atoms with Crippen molar-refractivity contribution >= 4 is 37.5 Å². The minimum absolute atomic E-state index is 0.241. The second-order valence-electron chi connectivity index (χ2n) is 7.41. The Labute approximate surface area is 129 Å². The Kier molecular flexibility index (Phi) is 5.13. The van der Waals surface area contributed by atoms with Gasteiger partial charge >= 0.3 is 0 Å². The Hall–Kier alpha value is -0.0662. The van der Waals surface area contributed by atoms with Gasteiger partial charge in [0.1, 0.15) is 5.75 Å². The molecule has 4 heteroatoms. The average molecular weight is 359 g/mol. The standard InChI is InChI=1S/C15H27BrOSi2/c1-15(2,3)19(6,7)17-13-9-8-10-14(11-13)18(4,5)12-16/h8-11H,12H2,1-7H3. The fourth-order valence-corrected chi connectivity index (χ4v) is 4.73. The van der Waals surface area contributed by atoms with Gasteiger partial charge in [-0.1, -0.05) is 67.1 Å². The van der Waals surface area contributed by atoms with Crippen molar-refractivity contribution < 1.29 is 4.43 Å². The first-order valence-electron chi connectivity index (χ1n) is 6.85. The number of halogens is 1. The molecule has 0 atom stereocenters. The maximum absolute atomic E-state index is 6.39. The van der Waals surface area contributed by atoms with E-state index in [1.165, 1.54) is 5.19 Å². The lowest BCUT2D eigenvalue weighted by molar-refractivity contribution is 0.492. The number of benzene rings is 1. The fraction of sp³-hybridized carbons (Fsp3) is 0.600. The van der Waals surface area contributed by atoms with Gasteiger partial charge in [-0.15, -0.1) is 0 Å². The van der Waals surface area contributed by atoms with Crippen LogP contribution in [-0.2, 0) is 0 Å². The van der Waals surface area contributed by atoms with E-state index >= 15 is 0 Å². The zero-order valence-electron chi connectivity index (χ0n) is 13.3. The Bertz CT molecular complexity index is 436. The van der Waals surface area contributed by atoms with Crippen LogP contribution < -0.4 is 9.61 Å². The first-order chi connectivity index (χ1) is 8.49. The van der Waals surface area contributed by atoms with Crippen molar-refractivity contribution in [2.75, 3.05) is 4.95 Å². The smallest absolute Gasteiger partial charge is 0.250 e. The highest BCUT2D eigenvalue weighted by atomic mass is 79.9. The molecule has 0 bridgehead atoms.